The van der Waals surface area contributed by atoms with Gasteiger partial charge in [-0.3, -0.25) is 14.1 Å². The lowest BCUT2D eigenvalue weighted by atomic mass is 10.0. The Balaban J connectivity index is 1.31. The molecule has 4 heterocycles. The van der Waals surface area contributed by atoms with Crippen LogP contribution in [0.4, 0.5) is 19.0 Å². The van der Waals surface area contributed by atoms with Gasteiger partial charge in [-0.25, -0.2) is 9.97 Å². The van der Waals surface area contributed by atoms with Gasteiger partial charge in [-0.15, -0.1) is 0 Å². The number of ether oxygens (including phenoxy) is 1. The van der Waals surface area contributed by atoms with Crippen LogP contribution in [-0.4, -0.2) is 69.9 Å². The number of nitrogens with zero attached hydrogens (tertiary/aromatic N) is 5. The largest absolute Gasteiger partial charge is 0.495 e. The summed E-state index contributed by atoms with van der Waals surface area (Å²) in [6, 6.07) is 10.6. The maximum atomic E-state index is 14.0. The molecular weight excluding hydrogens is 533 g/mol. The fourth-order valence-electron chi connectivity index (χ4n) is 4.70. The molecular formula is C30H29F3N6O2. The zero-order chi connectivity index (χ0) is 29.0. The van der Waals surface area contributed by atoms with Gasteiger partial charge in [-0.1, -0.05) is 18.9 Å². The Kier molecular flexibility index (Phi) is 8.23. The summed E-state index contributed by atoms with van der Waals surface area (Å²) in [5.41, 5.74) is 1.15. The smallest absolute Gasteiger partial charge is 0.416 e. The van der Waals surface area contributed by atoms with Crippen LogP contribution in [0.2, 0.25) is 0 Å². The number of methoxy groups -OCH3 is 1. The molecule has 1 aromatic carbocycles. The van der Waals surface area contributed by atoms with E-state index < -0.39 is 17.6 Å². The van der Waals surface area contributed by atoms with E-state index in [0.717, 1.165) is 25.7 Å². The highest BCUT2D eigenvalue weighted by Crippen LogP contribution is 2.33. The van der Waals surface area contributed by atoms with Gasteiger partial charge in [0.1, 0.15) is 22.9 Å². The molecule has 0 bridgehead atoms. The van der Waals surface area contributed by atoms with Crippen LogP contribution in [0.25, 0.3) is 5.65 Å². The van der Waals surface area contributed by atoms with Crippen LogP contribution < -0.4 is 10.1 Å². The maximum absolute atomic E-state index is 14.0. The highest BCUT2D eigenvalue weighted by molar-refractivity contribution is 6.04. The fourth-order valence-corrected chi connectivity index (χ4v) is 4.70. The number of alkyl halides is 3. The van der Waals surface area contributed by atoms with E-state index in [4.69, 9.17) is 4.74 Å². The number of amides is 1. The lowest BCUT2D eigenvalue weighted by molar-refractivity contribution is -0.138. The van der Waals surface area contributed by atoms with Crippen molar-refractivity contribution in [1.82, 2.24) is 24.2 Å². The normalized spacial score (nSPS) is 14.5. The Morgan fingerprint density at radius 3 is 2.54 bits per heavy atom. The second-order valence-corrected chi connectivity index (χ2v) is 9.65. The number of carbonyl (C=O) groups is 1. The molecule has 0 unspecified atom stereocenters. The molecule has 11 heteroatoms. The molecule has 1 fully saturated rings. The Morgan fingerprint density at radius 1 is 1.02 bits per heavy atom. The number of aromatic nitrogens is 3. The van der Waals surface area contributed by atoms with Crippen molar-refractivity contribution >= 4 is 17.4 Å². The number of hydrogen-bond donors (Lipinski definition) is 1. The standard InChI is InChI=1S/C30H29F3N6O2/c1-3-37-12-14-38(15-13-37)19-23-6-5-22(17-26(23)30(31,32)33)29(40)36-27-16-21(10-11-34-27)4-7-24-18-35-28-9-8-25(41-2)20-39(24)28/h5-6,8-11,16-18,20H,3,12-15,19H2,1-2H3,(H,34,36,40). The molecule has 1 aliphatic rings. The van der Waals surface area contributed by atoms with E-state index in [9.17, 15) is 18.0 Å². The number of nitrogens with one attached hydrogen (secondary N) is 1. The van der Waals surface area contributed by atoms with Crippen molar-refractivity contribution in [2.45, 2.75) is 19.6 Å². The minimum absolute atomic E-state index is 0.102. The van der Waals surface area contributed by atoms with Crippen LogP contribution in [0, 0.1) is 11.8 Å². The number of hydrogen-bond acceptors (Lipinski definition) is 6. The van der Waals surface area contributed by atoms with Crippen molar-refractivity contribution in [3.63, 3.8) is 0 Å². The van der Waals surface area contributed by atoms with E-state index in [1.165, 1.54) is 18.3 Å². The van der Waals surface area contributed by atoms with Gasteiger partial charge in [-0.05, 0) is 54.4 Å². The molecule has 0 radical (unpaired) electrons. The number of fused-ring (bicyclic) bond motifs is 1. The first-order valence-electron chi connectivity index (χ1n) is 13.2. The predicted molar refractivity (Wildman–Crippen MR) is 149 cm³/mol. The number of anilines is 1. The molecule has 1 aliphatic heterocycles. The molecule has 3 aromatic heterocycles. The van der Waals surface area contributed by atoms with Crippen LogP contribution >= 0.6 is 0 Å². The Bertz CT molecular complexity index is 1610. The molecule has 0 aliphatic carbocycles. The second kappa shape index (κ2) is 12.0. The number of likely N-dealkylation sites (N-methyl/N-ethyl adjacent to an activating group) is 1. The number of imidazole rings is 1. The van der Waals surface area contributed by atoms with Crippen molar-refractivity contribution in [3.05, 3.63) is 89.0 Å². The second-order valence-electron chi connectivity index (χ2n) is 9.65. The Labute approximate surface area is 235 Å². The number of carbonyl (C=O) groups excluding carboxylic acids is 1. The summed E-state index contributed by atoms with van der Waals surface area (Å²) in [6.45, 7) is 6.21. The molecule has 0 saturated carbocycles. The third-order valence-electron chi connectivity index (χ3n) is 7.03. The summed E-state index contributed by atoms with van der Waals surface area (Å²) in [5.74, 6) is 6.19. The van der Waals surface area contributed by atoms with Crippen molar-refractivity contribution in [2.24, 2.45) is 0 Å². The van der Waals surface area contributed by atoms with Crippen molar-refractivity contribution in [3.8, 4) is 17.6 Å². The van der Waals surface area contributed by atoms with Crippen LogP contribution in [-0.2, 0) is 12.7 Å². The maximum Gasteiger partial charge on any atom is 0.416 e. The zero-order valence-corrected chi connectivity index (χ0v) is 22.7. The number of halogens is 3. The lowest BCUT2D eigenvalue weighted by Gasteiger charge is -2.34. The molecule has 4 aromatic rings. The molecule has 1 amide bonds. The summed E-state index contributed by atoms with van der Waals surface area (Å²) in [4.78, 5) is 25.7. The van der Waals surface area contributed by atoms with E-state index in [-0.39, 0.29) is 23.5 Å². The first-order chi connectivity index (χ1) is 19.7. The van der Waals surface area contributed by atoms with E-state index in [0.29, 0.717) is 35.7 Å². The van der Waals surface area contributed by atoms with Gasteiger partial charge in [0.2, 0.25) is 0 Å². The predicted octanol–water partition coefficient (Wildman–Crippen LogP) is 4.55. The van der Waals surface area contributed by atoms with Gasteiger partial charge < -0.3 is 15.0 Å². The zero-order valence-electron chi connectivity index (χ0n) is 22.7. The van der Waals surface area contributed by atoms with E-state index >= 15 is 0 Å². The summed E-state index contributed by atoms with van der Waals surface area (Å²) < 4.78 is 49.0. The van der Waals surface area contributed by atoms with Gasteiger partial charge >= 0.3 is 6.18 Å². The molecule has 1 saturated heterocycles. The Morgan fingerprint density at radius 2 is 1.80 bits per heavy atom. The van der Waals surface area contributed by atoms with Gasteiger partial charge in [0.25, 0.3) is 5.91 Å². The van der Waals surface area contributed by atoms with Crippen LogP contribution in [0.1, 0.15) is 39.7 Å². The van der Waals surface area contributed by atoms with Gasteiger partial charge in [0.05, 0.1) is 25.1 Å². The summed E-state index contributed by atoms with van der Waals surface area (Å²) >= 11 is 0. The van der Waals surface area contributed by atoms with E-state index in [1.807, 2.05) is 11.0 Å². The molecule has 41 heavy (non-hydrogen) atoms. The van der Waals surface area contributed by atoms with Gasteiger partial charge in [0, 0.05) is 50.0 Å². The third kappa shape index (κ3) is 6.67. The molecule has 8 nitrogen and oxygen atoms in total. The highest BCUT2D eigenvalue weighted by Gasteiger charge is 2.34. The topological polar surface area (TPSA) is 75.0 Å². The number of pyridine rings is 2. The van der Waals surface area contributed by atoms with Crippen molar-refractivity contribution in [1.29, 1.82) is 0 Å². The highest BCUT2D eigenvalue weighted by atomic mass is 19.4. The summed E-state index contributed by atoms with van der Waals surface area (Å²) in [7, 11) is 1.57. The fraction of sp³-hybridized carbons (Fsp3) is 0.300. The molecule has 1 N–H and O–H groups in total. The van der Waals surface area contributed by atoms with E-state index in [2.05, 4.69) is 38.9 Å². The van der Waals surface area contributed by atoms with Crippen LogP contribution in [0.15, 0.2) is 61.1 Å². The summed E-state index contributed by atoms with van der Waals surface area (Å²) in [6.07, 6.45) is 0.294. The SMILES string of the molecule is CCN1CCN(Cc2ccc(C(=O)Nc3cc(C#Cc4cnc5ccc(OC)cn45)ccn3)cc2C(F)(F)F)CC1. The minimum atomic E-state index is -4.59. The average Bonchev–Trinajstić information content (AvgIpc) is 3.38. The van der Waals surface area contributed by atoms with Crippen molar-refractivity contribution in [2.75, 3.05) is 45.2 Å². The van der Waals surface area contributed by atoms with Crippen LogP contribution in [0.3, 0.4) is 0 Å². The van der Waals surface area contributed by atoms with Crippen molar-refractivity contribution < 1.29 is 22.7 Å². The number of benzene rings is 1. The Hall–Kier alpha value is -4.40. The van der Waals surface area contributed by atoms with Gasteiger partial charge in [0.15, 0.2) is 0 Å². The third-order valence-corrected chi connectivity index (χ3v) is 7.03. The summed E-state index contributed by atoms with van der Waals surface area (Å²) in [5, 5.41) is 2.59. The minimum Gasteiger partial charge on any atom is -0.495 e. The van der Waals surface area contributed by atoms with Gasteiger partial charge in [-0.2, -0.15) is 13.2 Å². The number of piperazine rings is 1. The quantitative estimate of drug-likeness (QED) is 0.348. The average molecular weight is 563 g/mol. The lowest BCUT2D eigenvalue weighted by Crippen LogP contribution is -2.45. The molecule has 212 valence electrons. The first kappa shape index (κ1) is 28.1. The first-order valence-corrected chi connectivity index (χ1v) is 13.2. The molecule has 0 spiro atoms. The van der Waals surface area contributed by atoms with E-state index in [1.54, 1.807) is 42.1 Å². The van der Waals surface area contributed by atoms with Crippen LogP contribution in [0.5, 0.6) is 5.75 Å². The molecule has 5 rings (SSSR count). The monoisotopic (exact) mass is 562 g/mol. The molecule has 0 atom stereocenters. The number of rotatable bonds is 6.